The van der Waals surface area contributed by atoms with Gasteiger partial charge in [-0.1, -0.05) is 0 Å². The van der Waals surface area contributed by atoms with Crippen LogP contribution in [0.15, 0.2) is 0 Å². The van der Waals surface area contributed by atoms with E-state index in [1.165, 1.54) is 0 Å². The fourth-order valence-electron chi connectivity index (χ4n) is 0.505. The minimum absolute atomic E-state index is 0.261. The monoisotopic (exact) mass is 156 g/mol. The lowest BCUT2D eigenvalue weighted by Gasteiger charge is -2.05. The van der Waals surface area contributed by atoms with E-state index in [9.17, 15) is 4.79 Å². The third kappa shape index (κ3) is 5.40. The number of rotatable bonds is 5. The fraction of sp³-hybridized carbons (Fsp3) is 0.571. The van der Waals surface area contributed by atoms with Gasteiger partial charge in [0.2, 0.25) is 0 Å². The SMILES string of the molecule is C#CCCNCC(N)C(=O)O. The number of aliphatic carboxylic acids is 1. The van der Waals surface area contributed by atoms with E-state index < -0.39 is 12.0 Å². The van der Waals surface area contributed by atoms with Crippen molar-refractivity contribution in [2.75, 3.05) is 13.1 Å². The Morgan fingerprint density at radius 1 is 1.82 bits per heavy atom. The zero-order valence-electron chi connectivity index (χ0n) is 6.21. The number of carboxylic acids is 1. The van der Waals surface area contributed by atoms with Crippen LogP contribution in [0.25, 0.3) is 0 Å². The van der Waals surface area contributed by atoms with Crippen molar-refractivity contribution >= 4 is 5.97 Å². The van der Waals surface area contributed by atoms with Gasteiger partial charge < -0.3 is 16.2 Å². The zero-order valence-corrected chi connectivity index (χ0v) is 6.21. The average Bonchev–Trinajstić information content (AvgIpc) is 1.97. The highest BCUT2D eigenvalue weighted by atomic mass is 16.4. The summed E-state index contributed by atoms with van der Waals surface area (Å²) in [6.45, 7) is 0.870. The Balaban J connectivity index is 3.26. The highest BCUT2D eigenvalue weighted by Gasteiger charge is 2.08. The largest absolute Gasteiger partial charge is 0.480 e. The maximum atomic E-state index is 10.2. The van der Waals surface area contributed by atoms with Gasteiger partial charge in [-0.05, 0) is 0 Å². The first kappa shape index (κ1) is 9.95. The zero-order chi connectivity index (χ0) is 8.69. The van der Waals surface area contributed by atoms with Crippen molar-refractivity contribution in [3.05, 3.63) is 0 Å². The Bertz CT molecular complexity index is 162. The molecule has 1 atom stereocenters. The second kappa shape index (κ2) is 5.71. The predicted octanol–water partition coefficient (Wildman–Crippen LogP) is -0.989. The van der Waals surface area contributed by atoms with Crippen LogP contribution in [0.2, 0.25) is 0 Å². The highest BCUT2D eigenvalue weighted by Crippen LogP contribution is 1.76. The van der Waals surface area contributed by atoms with Crippen LogP contribution in [0.4, 0.5) is 0 Å². The molecule has 0 aliphatic carbocycles. The molecule has 0 spiro atoms. The molecule has 0 aromatic carbocycles. The lowest BCUT2D eigenvalue weighted by molar-refractivity contribution is -0.138. The molecule has 0 aliphatic heterocycles. The van der Waals surface area contributed by atoms with E-state index in [4.69, 9.17) is 17.3 Å². The fourth-order valence-corrected chi connectivity index (χ4v) is 0.505. The maximum absolute atomic E-state index is 10.2. The third-order valence-electron chi connectivity index (χ3n) is 1.13. The molecular formula is C7H12N2O2. The van der Waals surface area contributed by atoms with Crippen molar-refractivity contribution in [2.24, 2.45) is 5.73 Å². The molecule has 0 fully saturated rings. The van der Waals surface area contributed by atoms with Crippen molar-refractivity contribution in [3.63, 3.8) is 0 Å². The van der Waals surface area contributed by atoms with Gasteiger partial charge in [0, 0.05) is 19.5 Å². The van der Waals surface area contributed by atoms with Gasteiger partial charge in [0.15, 0.2) is 0 Å². The Morgan fingerprint density at radius 3 is 2.91 bits per heavy atom. The van der Waals surface area contributed by atoms with Crippen LogP contribution in [-0.4, -0.2) is 30.2 Å². The van der Waals surface area contributed by atoms with Crippen LogP contribution >= 0.6 is 0 Å². The predicted molar refractivity (Wildman–Crippen MR) is 41.9 cm³/mol. The molecule has 4 heteroatoms. The van der Waals surface area contributed by atoms with E-state index in [-0.39, 0.29) is 6.54 Å². The normalized spacial score (nSPS) is 12.0. The molecule has 62 valence electrons. The summed E-state index contributed by atoms with van der Waals surface area (Å²) < 4.78 is 0. The molecule has 4 N–H and O–H groups in total. The topological polar surface area (TPSA) is 75.3 Å². The first-order chi connectivity index (χ1) is 5.18. The molecule has 0 aromatic heterocycles. The molecule has 0 aromatic rings. The van der Waals surface area contributed by atoms with Crippen molar-refractivity contribution in [2.45, 2.75) is 12.5 Å². The Kier molecular flexibility index (Phi) is 5.17. The standard InChI is InChI=1S/C7H12N2O2/c1-2-3-4-9-5-6(8)7(10)11/h1,6,9H,3-5,8H2,(H,10,11). The van der Waals surface area contributed by atoms with Gasteiger partial charge in [0.05, 0.1) is 0 Å². The number of carbonyl (C=O) groups is 1. The van der Waals surface area contributed by atoms with E-state index in [0.29, 0.717) is 13.0 Å². The van der Waals surface area contributed by atoms with Crippen LogP contribution in [0, 0.1) is 12.3 Å². The van der Waals surface area contributed by atoms with Crippen LogP contribution in [0.5, 0.6) is 0 Å². The van der Waals surface area contributed by atoms with Crippen LogP contribution in [-0.2, 0) is 4.79 Å². The van der Waals surface area contributed by atoms with E-state index >= 15 is 0 Å². The molecule has 0 amide bonds. The number of hydrogen-bond donors (Lipinski definition) is 3. The number of nitrogens with two attached hydrogens (primary N) is 1. The van der Waals surface area contributed by atoms with E-state index in [1.807, 2.05) is 0 Å². The minimum Gasteiger partial charge on any atom is -0.480 e. The molecule has 0 rings (SSSR count). The first-order valence-electron chi connectivity index (χ1n) is 3.31. The highest BCUT2D eigenvalue weighted by molar-refractivity contribution is 5.73. The summed E-state index contributed by atoms with van der Waals surface area (Å²) in [5, 5.41) is 11.2. The molecular weight excluding hydrogens is 144 g/mol. The molecule has 0 bridgehead atoms. The lowest BCUT2D eigenvalue weighted by Crippen LogP contribution is -2.40. The maximum Gasteiger partial charge on any atom is 0.321 e. The van der Waals surface area contributed by atoms with Gasteiger partial charge in [-0.25, -0.2) is 0 Å². The number of carboxylic acid groups (broad SMARTS) is 1. The molecule has 0 radical (unpaired) electrons. The Labute approximate surface area is 65.8 Å². The summed E-state index contributed by atoms with van der Waals surface area (Å²) in [5.41, 5.74) is 5.19. The van der Waals surface area contributed by atoms with Crippen molar-refractivity contribution in [3.8, 4) is 12.3 Å². The molecule has 0 saturated carbocycles. The van der Waals surface area contributed by atoms with Crippen LogP contribution in [0.1, 0.15) is 6.42 Å². The van der Waals surface area contributed by atoms with Crippen molar-refractivity contribution in [1.29, 1.82) is 0 Å². The quantitative estimate of drug-likeness (QED) is 0.353. The van der Waals surface area contributed by atoms with Crippen LogP contribution in [0.3, 0.4) is 0 Å². The van der Waals surface area contributed by atoms with Gasteiger partial charge in [-0.15, -0.1) is 12.3 Å². The van der Waals surface area contributed by atoms with Gasteiger partial charge >= 0.3 is 5.97 Å². The Hall–Kier alpha value is -1.05. The lowest BCUT2D eigenvalue weighted by atomic mass is 10.3. The van der Waals surface area contributed by atoms with Gasteiger partial charge in [0.1, 0.15) is 6.04 Å². The molecule has 11 heavy (non-hydrogen) atoms. The summed E-state index contributed by atoms with van der Waals surface area (Å²) in [4.78, 5) is 10.2. The van der Waals surface area contributed by atoms with Gasteiger partial charge in [0.25, 0.3) is 0 Å². The summed E-state index contributed by atoms with van der Waals surface area (Å²) >= 11 is 0. The van der Waals surface area contributed by atoms with E-state index in [2.05, 4.69) is 11.2 Å². The first-order valence-corrected chi connectivity index (χ1v) is 3.31. The second-order valence-electron chi connectivity index (χ2n) is 2.10. The van der Waals surface area contributed by atoms with Crippen LogP contribution < -0.4 is 11.1 Å². The van der Waals surface area contributed by atoms with E-state index in [1.54, 1.807) is 0 Å². The third-order valence-corrected chi connectivity index (χ3v) is 1.13. The number of terminal acetylenes is 1. The average molecular weight is 156 g/mol. The second-order valence-corrected chi connectivity index (χ2v) is 2.10. The number of hydrogen-bond acceptors (Lipinski definition) is 3. The van der Waals surface area contributed by atoms with Gasteiger partial charge in [-0.3, -0.25) is 4.79 Å². The molecule has 0 aliphatic rings. The smallest absolute Gasteiger partial charge is 0.321 e. The number of nitrogens with one attached hydrogen (secondary N) is 1. The van der Waals surface area contributed by atoms with Gasteiger partial charge in [-0.2, -0.15) is 0 Å². The molecule has 1 unspecified atom stereocenters. The van der Waals surface area contributed by atoms with Crippen molar-refractivity contribution < 1.29 is 9.90 Å². The summed E-state index contributed by atoms with van der Waals surface area (Å²) in [6.07, 6.45) is 5.56. The van der Waals surface area contributed by atoms with E-state index in [0.717, 1.165) is 0 Å². The molecule has 4 nitrogen and oxygen atoms in total. The molecule has 0 heterocycles. The summed E-state index contributed by atoms with van der Waals surface area (Å²) in [6, 6.07) is -0.840. The minimum atomic E-state index is -1.00. The summed E-state index contributed by atoms with van der Waals surface area (Å²) in [5.74, 6) is 1.42. The molecule has 0 saturated heterocycles. The van der Waals surface area contributed by atoms with Crippen molar-refractivity contribution in [1.82, 2.24) is 5.32 Å². The summed E-state index contributed by atoms with van der Waals surface area (Å²) in [7, 11) is 0. The Morgan fingerprint density at radius 2 is 2.45 bits per heavy atom.